The molecule has 2 aromatic rings. The molecule has 1 fully saturated rings. The molecule has 26 heavy (non-hydrogen) atoms. The summed E-state index contributed by atoms with van der Waals surface area (Å²) in [5.41, 5.74) is 2.51. The summed E-state index contributed by atoms with van der Waals surface area (Å²) < 4.78 is 1.97. The lowest BCUT2D eigenvalue weighted by Gasteiger charge is -2.12. The monoisotopic (exact) mass is 356 g/mol. The molecular weight excluding hydrogens is 332 g/mol. The van der Waals surface area contributed by atoms with Gasteiger partial charge < -0.3 is 10.4 Å². The number of rotatable bonds is 7. The second-order valence-corrected chi connectivity index (χ2v) is 6.87. The summed E-state index contributed by atoms with van der Waals surface area (Å²) in [6.45, 7) is 4.14. The molecule has 1 saturated carbocycles. The highest BCUT2D eigenvalue weighted by Gasteiger charge is 2.30. The molecule has 3 N–H and O–H groups in total. The number of aryl methyl sites for hydroxylation is 2. The Morgan fingerprint density at radius 3 is 2.77 bits per heavy atom. The minimum Gasteiger partial charge on any atom is -0.481 e. The third-order valence-corrected chi connectivity index (χ3v) is 4.67. The number of nitrogens with zero attached hydrogens (tertiary/aromatic N) is 2. The van der Waals surface area contributed by atoms with E-state index in [0.717, 1.165) is 11.3 Å². The predicted molar refractivity (Wildman–Crippen MR) is 99.4 cm³/mol. The van der Waals surface area contributed by atoms with Gasteiger partial charge in [0.05, 0.1) is 6.04 Å². The fraction of sp³-hybridized carbons (Fsp3) is 0.421. The van der Waals surface area contributed by atoms with Crippen molar-refractivity contribution in [2.45, 2.75) is 45.6 Å². The number of anilines is 2. The number of nitrogens with one attached hydrogen (secondary N) is 2. The van der Waals surface area contributed by atoms with E-state index < -0.39 is 5.97 Å². The van der Waals surface area contributed by atoms with Crippen LogP contribution in [0.25, 0.3) is 0 Å². The first-order valence-corrected chi connectivity index (χ1v) is 8.87. The smallest absolute Gasteiger partial charge is 0.324 e. The molecule has 2 amide bonds. The number of amides is 2. The van der Waals surface area contributed by atoms with Gasteiger partial charge in [-0.2, -0.15) is 5.10 Å². The number of aliphatic carboxylic acids is 1. The van der Waals surface area contributed by atoms with Gasteiger partial charge in [0.25, 0.3) is 0 Å². The number of urea groups is 1. The Kier molecular flexibility index (Phi) is 5.25. The van der Waals surface area contributed by atoms with Crippen molar-refractivity contribution in [3.8, 4) is 0 Å². The molecule has 1 aromatic heterocycles. The Morgan fingerprint density at radius 2 is 2.08 bits per heavy atom. The van der Waals surface area contributed by atoms with E-state index in [9.17, 15) is 9.59 Å². The highest BCUT2D eigenvalue weighted by molar-refractivity contribution is 5.99. The number of carboxylic acids is 1. The molecule has 7 heteroatoms. The van der Waals surface area contributed by atoms with E-state index in [4.69, 9.17) is 5.11 Å². The molecule has 0 saturated heterocycles. The highest BCUT2D eigenvalue weighted by atomic mass is 16.4. The topological polar surface area (TPSA) is 96.2 Å². The zero-order chi connectivity index (χ0) is 18.7. The number of carbonyl (C=O) groups excluding carboxylic acids is 1. The van der Waals surface area contributed by atoms with Crippen LogP contribution in [0.2, 0.25) is 0 Å². The van der Waals surface area contributed by atoms with Gasteiger partial charge in [0.2, 0.25) is 0 Å². The van der Waals surface area contributed by atoms with E-state index in [1.54, 1.807) is 18.2 Å². The second-order valence-electron chi connectivity index (χ2n) is 6.87. The summed E-state index contributed by atoms with van der Waals surface area (Å²) in [6, 6.07) is 9.02. The summed E-state index contributed by atoms with van der Waals surface area (Å²) >= 11 is 0. The molecule has 1 aliphatic rings. The van der Waals surface area contributed by atoms with Gasteiger partial charge in [0.15, 0.2) is 5.82 Å². The van der Waals surface area contributed by atoms with Crippen molar-refractivity contribution in [1.29, 1.82) is 0 Å². The second kappa shape index (κ2) is 7.59. The SMILES string of the molecule is Cc1cc(NC(=O)Nc2cccc(CCC(=O)O)c2)nn1C(C)C1CC1. The Bertz CT molecular complexity index is 811. The quantitative estimate of drug-likeness (QED) is 0.702. The lowest BCUT2D eigenvalue weighted by molar-refractivity contribution is -0.136. The van der Waals surface area contributed by atoms with Crippen LogP contribution in [-0.4, -0.2) is 26.9 Å². The molecular formula is C19H24N4O3. The molecule has 0 aliphatic heterocycles. The molecule has 1 atom stereocenters. The highest BCUT2D eigenvalue weighted by Crippen LogP contribution is 2.39. The fourth-order valence-electron chi connectivity index (χ4n) is 3.07. The molecule has 3 rings (SSSR count). The molecule has 0 spiro atoms. The summed E-state index contributed by atoms with van der Waals surface area (Å²) in [4.78, 5) is 22.9. The number of hydrogen-bond acceptors (Lipinski definition) is 3. The molecule has 7 nitrogen and oxygen atoms in total. The van der Waals surface area contributed by atoms with Gasteiger partial charge in [0.1, 0.15) is 0 Å². The Balaban J connectivity index is 1.59. The predicted octanol–water partition coefficient (Wildman–Crippen LogP) is 3.82. The van der Waals surface area contributed by atoms with Crippen LogP contribution in [0.5, 0.6) is 0 Å². The number of hydrogen-bond donors (Lipinski definition) is 3. The van der Waals surface area contributed by atoms with Crippen molar-refractivity contribution in [3.05, 3.63) is 41.6 Å². The van der Waals surface area contributed by atoms with E-state index in [1.807, 2.05) is 23.7 Å². The fourth-order valence-corrected chi connectivity index (χ4v) is 3.07. The van der Waals surface area contributed by atoms with E-state index in [0.29, 0.717) is 29.9 Å². The summed E-state index contributed by atoms with van der Waals surface area (Å²) in [5.74, 6) is 0.367. The van der Waals surface area contributed by atoms with Gasteiger partial charge in [-0.1, -0.05) is 12.1 Å². The van der Waals surface area contributed by atoms with Crippen molar-refractivity contribution in [2.24, 2.45) is 5.92 Å². The third-order valence-electron chi connectivity index (χ3n) is 4.67. The molecule has 1 unspecified atom stereocenters. The lowest BCUT2D eigenvalue weighted by Crippen LogP contribution is -2.20. The first-order valence-electron chi connectivity index (χ1n) is 8.87. The average molecular weight is 356 g/mol. The number of carbonyl (C=O) groups is 2. The lowest BCUT2D eigenvalue weighted by atomic mass is 10.1. The van der Waals surface area contributed by atoms with Gasteiger partial charge >= 0.3 is 12.0 Å². The van der Waals surface area contributed by atoms with Crippen LogP contribution >= 0.6 is 0 Å². The van der Waals surface area contributed by atoms with Crippen LogP contribution in [0.15, 0.2) is 30.3 Å². The molecule has 0 bridgehead atoms. The normalized spacial score (nSPS) is 14.7. The largest absolute Gasteiger partial charge is 0.481 e. The summed E-state index contributed by atoms with van der Waals surface area (Å²) in [6.07, 6.45) is 2.96. The summed E-state index contributed by atoms with van der Waals surface area (Å²) in [7, 11) is 0. The van der Waals surface area contributed by atoms with Gasteiger partial charge in [-0.15, -0.1) is 0 Å². The van der Waals surface area contributed by atoms with Crippen molar-refractivity contribution in [3.63, 3.8) is 0 Å². The maximum Gasteiger partial charge on any atom is 0.324 e. The zero-order valence-electron chi connectivity index (χ0n) is 15.0. The standard InChI is InChI=1S/C19H24N4O3/c1-12-10-17(22-23(12)13(2)15-7-8-15)21-19(26)20-16-5-3-4-14(11-16)6-9-18(24)25/h3-5,10-11,13,15H,6-9H2,1-2H3,(H,24,25)(H2,20,21,22,26). The van der Waals surface area contributed by atoms with Crippen LogP contribution in [0.3, 0.4) is 0 Å². The van der Waals surface area contributed by atoms with Gasteiger partial charge in [-0.3, -0.25) is 14.8 Å². The molecule has 0 radical (unpaired) electrons. The minimum atomic E-state index is -0.840. The van der Waals surface area contributed by atoms with Crippen molar-refractivity contribution in [2.75, 3.05) is 10.6 Å². The third kappa shape index (κ3) is 4.62. The number of aromatic nitrogens is 2. The zero-order valence-corrected chi connectivity index (χ0v) is 15.0. The van der Waals surface area contributed by atoms with E-state index >= 15 is 0 Å². The number of carboxylic acid groups (broad SMARTS) is 1. The van der Waals surface area contributed by atoms with Crippen molar-refractivity contribution < 1.29 is 14.7 Å². The molecule has 1 aliphatic carbocycles. The average Bonchev–Trinajstić information content (AvgIpc) is 3.36. The molecule has 1 heterocycles. The van der Waals surface area contributed by atoms with E-state index in [2.05, 4.69) is 22.7 Å². The molecule has 1 aromatic carbocycles. The Labute approximate surface area is 152 Å². The van der Waals surface area contributed by atoms with Crippen LogP contribution in [0.4, 0.5) is 16.3 Å². The van der Waals surface area contributed by atoms with E-state index in [1.165, 1.54) is 12.8 Å². The Morgan fingerprint density at radius 1 is 1.31 bits per heavy atom. The van der Waals surface area contributed by atoms with Gasteiger partial charge in [-0.05, 0) is 56.7 Å². The maximum absolute atomic E-state index is 12.2. The number of benzene rings is 1. The van der Waals surface area contributed by atoms with Gasteiger partial charge in [-0.25, -0.2) is 4.79 Å². The van der Waals surface area contributed by atoms with Crippen molar-refractivity contribution in [1.82, 2.24) is 9.78 Å². The van der Waals surface area contributed by atoms with Crippen LogP contribution in [0.1, 0.15) is 43.5 Å². The van der Waals surface area contributed by atoms with Crippen LogP contribution < -0.4 is 10.6 Å². The first-order chi connectivity index (χ1) is 12.4. The first kappa shape index (κ1) is 18.0. The Hall–Kier alpha value is -2.83. The van der Waals surface area contributed by atoms with Crippen LogP contribution in [-0.2, 0) is 11.2 Å². The van der Waals surface area contributed by atoms with Crippen molar-refractivity contribution >= 4 is 23.5 Å². The molecule has 138 valence electrons. The maximum atomic E-state index is 12.2. The summed E-state index contributed by atoms with van der Waals surface area (Å²) in [5, 5.41) is 18.8. The minimum absolute atomic E-state index is 0.0611. The van der Waals surface area contributed by atoms with E-state index in [-0.39, 0.29) is 12.5 Å². The van der Waals surface area contributed by atoms with Crippen LogP contribution in [0, 0.1) is 12.8 Å². The van der Waals surface area contributed by atoms with Gasteiger partial charge in [0, 0.05) is 23.9 Å².